The number of nitrogens with two attached hydrogens (primary N) is 1. The van der Waals surface area contributed by atoms with E-state index in [0.29, 0.717) is 11.4 Å². The zero-order valence-corrected chi connectivity index (χ0v) is 11.9. The molecule has 0 bridgehead atoms. The summed E-state index contributed by atoms with van der Waals surface area (Å²) in [6, 6.07) is 10.4. The Morgan fingerprint density at radius 2 is 2.00 bits per heavy atom. The lowest BCUT2D eigenvalue weighted by Crippen LogP contribution is -2.03. The van der Waals surface area contributed by atoms with Gasteiger partial charge in [0.1, 0.15) is 0 Å². The number of carboxylic acids is 1. The van der Waals surface area contributed by atoms with Crippen LogP contribution in [0.5, 0.6) is 0 Å². The summed E-state index contributed by atoms with van der Waals surface area (Å²) in [5, 5.41) is 12.2. The van der Waals surface area contributed by atoms with E-state index in [1.54, 1.807) is 12.1 Å². The van der Waals surface area contributed by atoms with Gasteiger partial charge in [0.25, 0.3) is 0 Å². The predicted molar refractivity (Wildman–Crippen MR) is 80.0 cm³/mol. The molecule has 4 N–H and O–H groups in total. The van der Waals surface area contributed by atoms with Gasteiger partial charge in [-0.3, -0.25) is 0 Å². The minimum atomic E-state index is -0.990. The molecule has 0 fully saturated rings. The molecule has 0 spiro atoms. The number of hydrogen-bond donors (Lipinski definition) is 3. The number of benzene rings is 2. The molecule has 19 heavy (non-hydrogen) atoms. The lowest BCUT2D eigenvalue weighted by atomic mass is 10.1. The number of carbonyl (C=O) groups is 1. The molecule has 0 saturated carbocycles. The van der Waals surface area contributed by atoms with E-state index in [0.717, 1.165) is 15.7 Å². The van der Waals surface area contributed by atoms with Crippen LogP contribution < -0.4 is 11.1 Å². The normalized spacial score (nSPS) is 10.2. The first-order valence-corrected chi connectivity index (χ1v) is 6.42. The Kier molecular flexibility index (Phi) is 3.76. The summed E-state index contributed by atoms with van der Waals surface area (Å²) in [5.41, 5.74) is 8.75. The molecule has 0 atom stereocenters. The summed E-state index contributed by atoms with van der Waals surface area (Å²) < 4.78 is 1.00. The van der Waals surface area contributed by atoms with Crippen LogP contribution in [0.15, 0.2) is 40.9 Å². The van der Waals surface area contributed by atoms with Crippen LogP contribution in [0.2, 0.25) is 0 Å². The number of aromatic carboxylic acids is 1. The third-order valence-corrected chi connectivity index (χ3v) is 3.60. The molecule has 0 heterocycles. The predicted octanol–water partition coefficient (Wildman–Crippen LogP) is 3.78. The second-order valence-corrected chi connectivity index (χ2v) is 5.05. The fourth-order valence-corrected chi connectivity index (χ4v) is 1.98. The molecule has 0 saturated heterocycles. The zero-order valence-electron chi connectivity index (χ0n) is 10.3. The summed E-state index contributed by atoms with van der Waals surface area (Å²) in [5.74, 6) is -0.990. The van der Waals surface area contributed by atoms with E-state index >= 15 is 0 Å². The average molecular weight is 321 g/mol. The molecule has 98 valence electrons. The topological polar surface area (TPSA) is 75.3 Å². The third kappa shape index (κ3) is 3.06. The Morgan fingerprint density at radius 1 is 1.26 bits per heavy atom. The standard InChI is InChI=1S/C14H13BrN2O2/c1-8-6-10(3-5-12(8)15)17-13-7-9(16)2-4-11(13)14(18)19/h2-7,17H,16H2,1H3,(H,18,19). The second-order valence-electron chi connectivity index (χ2n) is 4.20. The van der Waals surface area contributed by atoms with Crippen LogP contribution >= 0.6 is 15.9 Å². The van der Waals surface area contributed by atoms with E-state index in [1.165, 1.54) is 6.07 Å². The molecule has 5 heteroatoms. The monoisotopic (exact) mass is 320 g/mol. The van der Waals surface area contributed by atoms with Crippen molar-refractivity contribution in [2.24, 2.45) is 0 Å². The SMILES string of the molecule is Cc1cc(Nc2cc(N)ccc2C(=O)O)ccc1Br. The van der Waals surface area contributed by atoms with Crippen LogP contribution in [0, 0.1) is 6.92 Å². The van der Waals surface area contributed by atoms with Crippen molar-refractivity contribution >= 4 is 39.0 Å². The maximum absolute atomic E-state index is 11.2. The molecule has 2 rings (SSSR count). The van der Waals surface area contributed by atoms with Gasteiger partial charge in [-0.05, 0) is 48.9 Å². The molecule has 4 nitrogen and oxygen atoms in total. The van der Waals surface area contributed by atoms with Crippen LogP contribution in [0.3, 0.4) is 0 Å². The van der Waals surface area contributed by atoms with Gasteiger partial charge in [0.05, 0.1) is 11.3 Å². The number of carboxylic acid groups (broad SMARTS) is 1. The van der Waals surface area contributed by atoms with Crippen LogP contribution in [0.4, 0.5) is 17.1 Å². The van der Waals surface area contributed by atoms with E-state index in [-0.39, 0.29) is 5.56 Å². The molecule has 0 aromatic heterocycles. The van der Waals surface area contributed by atoms with Crippen molar-refractivity contribution in [3.63, 3.8) is 0 Å². The van der Waals surface area contributed by atoms with Gasteiger partial charge in [-0.1, -0.05) is 15.9 Å². The Morgan fingerprint density at radius 3 is 2.63 bits per heavy atom. The van der Waals surface area contributed by atoms with E-state index < -0.39 is 5.97 Å². The molecule has 0 unspecified atom stereocenters. The number of hydrogen-bond acceptors (Lipinski definition) is 3. The van der Waals surface area contributed by atoms with Gasteiger partial charge in [0, 0.05) is 15.8 Å². The maximum Gasteiger partial charge on any atom is 0.337 e. The molecular formula is C14H13BrN2O2. The smallest absolute Gasteiger partial charge is 0.337 e. The maximum atomic E-state index is 11.2. The quantitative estimate of drug-likeness (QED) is 0.752. The Balaban J connectivity index is 2.39. The van der Waals surface area contributed by atoms with Gasteiger partial charge < -0.3 is 16.2 Å². The molecular weight excluding hydrogens is 308 g/mol. The first kappa shape index (κ1) is 13.4. The number of anilines is 3. The van der Waals surface area contributed by atoms with Crippen molar-refractivity contribution in [1.29, 1.82) is 0 Å². The van der Waals surface area contributed by atoms with Gasteiger partial charge in [-0.2, -0.15) is 0 Å². The second kappa shape index (κ2) is 5.32. The van der Waals surface area contributed by atoms with E-state index in [4.69, 9.17) is 10.8 Å². The van der Waals surface area contributed by atoms with Crippen molar-refractivity contribution in [3.05, 3.63) is 52.0 Å². The van der Waals surface area contributed by atoms with Crippen LogP contribution in [0.25, 0.3) is 0 Å². The molecule has 0 aliphatic rings. The van der Waals surface area contributed by atoms with Gasteiger partial charge in [-0.25, -0.2) is 4.79 Å². The van der Waals surface area contributed by atoms with Crippen LogP contribution in [-0.2, 0) is 0 Å². The van der Waals surface area contributed by atoms with Crippen LogP contribution in [0.1, 0.15) is 15.9 Å². The first-order valence-electron chi connectivity index (χ1n) is 5.63. The van der Waals surface area contributed by atoms with E-state index in [9.17, 15) is 4.79 Å². The minimum Gasteiger partial charge on any atom is -0.478 e. The lowest BCUT2D eigenvalue weighted by Gasteiger charge is -2.11. The van der Waals surface area contributed by atoms with E-state index in [1.807, 2.05) is 25.1 Å². The Labute approximate surface area is 119 Å². The summed E-state index contributed by atoms with van der Waals surface area (Å²) in [6.07, 6.45) is 0. The Hall–Kier alpha value is -2.01. The highest BCUT2D eigenvalue weighted by Crippen LogP contribution is 2.26. The Bertz CT molecular complexity index is 641. The highest BCUT2D eigenvalue weighted by molar-refractivity contribution is 9.10. The number of nitrogen functional groups attached to an aromatic ring is 1. The zero-order chi connectivity index (χ0) is 14.0. The van der Waals surface area contributed by atoms with Crippen molar-refractivity contribution in [1.82, 2.24) is 0 Å². The molecule has 2 aromatic carbocycles. The van der Waals surface area contributed by atoms with Gasteiger partial charge in [-0.15, -0.1) is 0 Å². The molecule has 0 radical (unpaired) electrons. The van der Waals surface area contributed by atoms with Crippen molar-refractivity contribution in [2.45, 2.75) is 6.92 Å². The fourth-order valence-electron chi connectivity index (χ4n) is 1.73. The number of nitrogens with one attached hydrogen (secondary N) is 1. The molecule has 0 aliphatic heterocycles. The molecule has 0 amide bonds. The van der Waals surface area contributed by atoms with Gasteiger partial charge >= 0.3 is 5.97 Å². The van der Waals surface area contributed by atoms with E-state index in [2.05, 4.69) is 21.2 Å². The van der Waals surface area contributed by atoms with Crippen molar-refractivity contribution in [3.8, 4) is 0 Å². The summed E-state index contributed by atoms with van der Waals surface area (Å²) in [7, 11) is 0. The number of rotatable bonds is 3. The lowest BCUT2D eigenvalue weighted by molar-refractivity contribution is 0.0698. The highest BCUT2D eigenvalue weighted by Gasteiger charge is 2.10. The highest BCUT2D eigenvalue weighted by atomic mass is 79.9. The number of halogens is 1. The number of aryl methyl sites for hydroxylation is 1. The van der Waals surface area contributed by atoms with Crippen LogP contribution in [-0.4, -0.2) is 11.1 Å². The van der Waals surface area contributed by atoms with Gasteiger partial charge in [0.15, 0.2) is 0 Å². The summed E-state index contributed by atoms with van der Waals surface area (Å²) >= 11 is 3.42. The minimum absolute atomic E-state index is 0.190. The first-order chi connectivity index (χ1) is 8.97. The average Bonchev–Trinajstić information content (AvgIpc) is 2.33. The molecule has 2 aromatic rings. The van der Waals surface area contributed by atoms with Gasteiger partial charge in [0.2, 0.25) is 0 Å². The molecule has 0 aliphatic carbocycles. The third-order valence-electron chi connectivity index (χ3n) is 2.71. The summed E-state index contributed by atoms with van der Waals surface area (Å²) in [4.78, 5) is 11.2. The summed E-state index contributed by atoms with van der Waals surface area (Å²) in [6.45, 7) is 1.97. The van der Waals surface area contributed by atoms with Crippen molar-refractivity contribution < 1.29 is 9.90 Å². The fraction of sp³-hybridized carbons (Fsp3) is 0.0714. The van der Waals surface area contributed by atoms with Crippen molar-refractivity contribution in [2.75, 3.05) is 11.1 Å². The largest absolute Gasteiger partial charge is 0.478 e.